The van der Waals surface area contributed by atoms with Gasteiger partial charge in [0.05, 0.1) is 11.3 Å². The Bertz CT molecular complexity index is 1100. The fraction of sp³-hybridized carbons (Fsp3) is 0.0556. The number of benzene rings is 1. The number of aromatic nitrogens is 2. The molecule has 0 aliphatic carbocycles. The number of H-pyrrole nitrogens is 1. The third kappa shape index (κ3) is 3.00. The SMILES string of the molecule is Cc1nc(-c2ccsc2)sc1C(=O)NNC(=O)c1c[nH]c2ccccc12. The van der Waals surface area contributed by atoms with Gasteiger partial charge in [0.2, 0.25) is 0 Å². The van der Waals surface area contributed by atoms with Gasteiger partial charge in [0.1, 0.15) is 9.88 Å². The Balaban J connectivity index is 1.48. The monoisotopic (exact) mass is 382 g/mol. The molecule has 0 atom stereocenters. The molecule has 4 rings (SSSR count). The standard InChI is InChI=1S/C18H14N4O2S2/c1-10-15(26-18(20-10)11-6-7-25-9-11)17(24)22-21-16(23)13-8-19-14-5-3-2-4-12(13)14/h2-9,19H,1H3,(H,21,23)(H,22,24). The van der Waals surface area contributed by atoms with Crippen molar-refractivity contribution in [3.63, 3.8) is 0 Å². The first-order chi connectivity index (χ1) is 12.6. The summed E-state index contributed by atoms with van der Waals surface area (Å²) in [5.41, 5.74) is 7.90. The number of para-hydroxylation sites is 1. The summed E-state index contributed by atoms with van der Waals surface area (Å²) in [7, 11) is 0. The maximum absolute atomic E-state index is 12.4. The number of nitrogens with one attached hydrogen (secondary N) is 3. The van der Waals surface area contributed by atoms with Crippen molar-refractivity contribution in [2.75, 3.05) is 0 Å². The molecule has 3 N–H and O–H groups in total. The number of carbonyl (C=O) groups excluding carboxylic acids is 2. The quantitative estimate of drug-likeness (QED) is 0.472. The molecule has 0 aliphatic heterocycles. The molecule has 6 nitrogen and oxygen atoms in total. The fourth-order valence-electron chi connectivity index (χ4n) is 2.61. The van der Waals surface area contributed by atoms with Crippen LogP contribution in [0.3, 0.4) is 0 Å². The van der Waals surface area contributed by atoms with Crippen LogP contribution in [-0.4, -0.2) is 21.8 Å². The molecule has 2 amide bonds. The van der Waals surface area contributed by atoms with E-state index in [4.69, 9.17) is 0 Å². The first kappa shape index (κ1) is 16.5. The van der Waals surface area contributed by atoms with Crippen molar-refractivity contribution in [3.05, 3.63) is 63.4 Å². The lowest BCUT2D eigenvalue weighted by atomic mass is 10.2. The van der Waals surface area contributed by atoms with Crippen LogP contribution in [0.2, 0.25) is 0 Å². The summed E-state index contributed by atoms with van der Waals surface area (Å²) in [6.07, 6.45) is 1.62. The number of amides is 2. The van der Waals surface area contributed by atoms with Gasteiger partial charge in [-0.05, 0) is 24.4 Å². The Labute approximate surface area is 156 Å². The molecule has 3 heterocycles. The lowest BCUT2D eigenvalue weighted by Gasteiger charge is -2.05. The molecule has 0 aliphatic rings. The van der Waals surface area contributed by atoms with Crippen molar-refractivity contribution >= 4 is 45.4 Å². The highest BCUT2D eigenvalue weighted by atomic mass is 32.1. The number of thiazole rings is 1. The van der Waals surface area contributed by atoms with Crippen LogP contribution in [0.5, 0.6) is 0 Å². The summed E-state index contributed by atoms with van der Waals surface area (Å²) in [5, 5.41) is 5.54. The molecular weight excluding hydrogens is 368 g/mol. The second kappa shape index (κ2) is 6.74. The average Bonchev–Trinajstić information content (AvgIpc) is 3.38. The van der Waals surface area contributed by atoms with Gasteiger partial charge in [0.15, 0.2) is 0 Å². The highest BCUT2D eigenvalue weighted by molar-refractivity contribution is 7.17. The number of nitrogens with zero attached hydrogens (tertiary/aromatic N) is 1. The molecule has 130 valence electrons. The van der Waals surface area contributed by atoms with Gasteiger partial charge in [-0.2, -0.15) is 11.3 Å². The molecule has 3 aromatic heterocycles. The van der Waals surface area contributed by atoms with Crippen molar-refractivity contribution in [3.8, 4) is 10.6 Å². The van der Waals surface area contributed by atoms with Gasteiger partial charge in [-0.3, -0.25) is 20.4 Å². The minimum absolute atomic E-state index is 0.379. The summed E-state index contributed by atoms with van der Waals surface area (Å²) < 4.78 is 0. The zero-order valence-electron chi connectivity index (χ0n) is 13.7. The van der Waals surface area contributed by atoms with Crippen LogP contribution in [0.25, 0.3) is 21.5 Å². The van der Waals surface area contributed by atoms with Crippen LogP contribution in [0.15, 0.2) is 47.3 Å². The van der Waals surface area contributed by atoms with Crippen LogP contribution in [0, 0.1) is 6.92 Å². The Hall–Kier alpha value is -2.97. The summed E-state index contributed by atoms with van der Waals surface area (Å²) in [5.74, 6) is -0.759. The second-order valence-corrected chi connectivity index (χ2v) is 7.38. The van der Waals surface area contributed by atoms with E-state index in [2.05, 4.69) is 20.8 Å². The molecule has 0 saturated heterocycles. The van der Waals surface area contributed by atoms with E-state index in [9.17, 15) is 9.59 Å². The number of hydrogen-bond donors (Lipinski definition) is 3. The molecule has 0 radical (unpaired) electrons. The molecule has 26 heavy (non-hydrogen) atoms. The van der Waals surface area contributed by atoms with Crippen LogP contribution in [0.1, 0.15) is 25.7 Å². The average molecular weight is 382 g/mol. The van der Waals surface area contributed by atoms with E-state index in [1.807, 2.05) is 41.1 Å². The molecule has 0 saturated carbocycles. The van der Waals surface area contributed by atoms with Gasteiger partial charge < -0.3 is 4.98 Å². The van der Waals surface area contributed by atoms with Crippen LogP contribution in [0.4, 0.5) is 0 Å². The number of carbonyl (C=O) groups is 2. The highest BCUT2D eigenvalue weighted by Crippen LogP contribution is 2.29. The molecular formula is C18H14N4O2S2. The van der Waals surface area contributed by atoms with Crippen LogP contribution in [-0.2, 0) is 0 Å². The molecule has 0 unspecified atom stereocenters. The lowest BCUT2D eigenvalue weighted by molar-refractivity contribution is 0.0849. The first-order valence-corrected chi connectivity index (χ1v) is 9.56. The summed E-state index contributed by atoms with van der Waals surface area (Å²) in [6, 6.07) is 9.45. The Kier molecular flexibility index (Phi) is 4.27. The largest absolute Gasteiger partial charge is 0.360 e. The number of rotatable bonds is 3. The van der Waals surface area contributed by atoms with Crippen molar-refractivity contribution < 1.29 is 9.59 Å². The Morgan fingerprint density at radius 3 is 2.73 bits per heavy atom. The Morgan fingerprint density at radius 1 is 1.12 bits per heavy atom. The summed E-state index contributed by atoms with van der Waals surface area (Å²) in [4.78, 5) is 32.8. The van der Waals surface area contributed by atoms with Gasteiger partial charge >= 0.3 is 0 Å². The molecule has 4 aromatic rings. The van der Waals surface area contributed by atoms with Gasteiger partial charge in [-0.25, -0.2) is 4.98 Å². The maximum Gasteiger partial charge on any atom is 0.281 e. The number of aromatic amines is 1. The van der Waals surface area contributed by atoms with E-state index in [-0.39, 0.29) is 11.8 Å². The van der Waals surface area contributed by atoms with E-state index in [1.165, 1.54) is 11.3 Å². The number of fused-ring (bicyclic) bond motifs is 1. The predicted octanol–water partition coefficient (Wildman–Crippen LogP) is 3.74. The fourth-order valence-corrected chi connectivity index (χ4v) is 4.29. The maximum atomic E-state index is 12.4. The van der Waals surface area contributed by atoms with Gasteiger partial charge in [0, 0.05) is 28.0 Å². The smallest absolute Gasteiger partial charge is 0.281 e. The van der Waals surface area contributed by atoms with Gasteiger partial charge in [-0.15, -0.1) is 11.3 Å². The van der Waals surface area contributed by atoms with Gasteiger partial charge in [-0.1, -0.05) is 18.2 Å². The number of hydrogen-bond acceptors (Lipinski definition) is 5. The third-order valence-corrected chi connectivity index (χ3v) is 5.78. The number of hydrazine groups is 1. The molecule has 1 aromatic carbocycles. The van der Waals surface area contributed by atoms with E-state index >= 15 is 0 Å². The van der Waals surface area contributed by atoms with E-state index in [0.717, 1.165) is 21.5 Å². The normalized spacial score (nSPS) is 10.8. The molecule has 0 fully saturated rings. The van der Waals surface area contributed by atoms with Gasteiger partial charge in [0.25, 0.3) is 11.8 Å². The van der Waals surface area contributed by atoms with Crippen LogP contribution < -0.4 is 10.9 Å². The predicted molar refractivity (Wildman–Crippen MR) is 103 cm³/mol. The number of aryl methyl sites for hydroxylation is 1. The van der Waals surface area contributed by atoms with E-state index < -0.39 is 0 Å². The van der Waals surface area contributed by atoms with Crippen molar-refractivity contribution in [1.82, 2.24) is 20.8 Å². The van der Waals surface area contributed by atoms with E-state index in [1.54, 1.807) is 24.5 Å². The number of thiophene rings is 1. The van der Waals surface area contributed by atoms with Crippen LogP contribution >= 0.6 is 22.7 Å². The van der Waals surface area contributed by atoms with Crippen molar-refractivity contribution in [1.29, 1.82) is 0 Å². The topological polar surface area (TPSA) is 86.9 Å². The minimum atomic E-state index is -0.380. The zero-order chi connectivity index (χ0) is 18.1. The minimum Gasteiger partial charge on any atom is -0.360 e. The molecule has 0 spiro atoms. The highest BCUT2D eigenvalue weighted by Gasteiger charge is 2.18. The second-order valence-electron chi connectivity index (χ2n) is 5.60. The van der Waals surface area contributed by atoms with Crippen molar-refractivity contribution in [2.45, 2.75) is 6.92 Å². The summed E-state index contributed by atoms with van der Waals surface area (Å²) >= 11 is 2.88. The summed E-state index contributed by atoms with van der Waals surface area (Å²) in [6.45, 7) is 1.78. The third-order valence-electron chi connectivity index (χ3n) is 3.89. The van der Waals surface area contributed by atoms with Crippen molar-refractivity contribution in [2.24, 2.45) is 0 Å². The lowest BCUT2D eigenvalue weighted by Crippen LogP contribution is -2.41. The zero-order valence-corrected chi connectivity index (χ0v) is 15.3. The first-order valence-electron chi connectivity index (χ1n) is 7.80. The Morgan fingerprint density at radius 2 is 1.92 bits per heavy atom. The molecule has 0 bridgehead atoms. The van der Waals surface area contributed by atoms with E-state index in [0.29, 0.717) is 16.1 Å². The molecule has 8 heteroatoms.